The molecule has 0 aromatic carbocycles. The summed E-state index contributed by atoms with van der Waals surface area (Å²) in [7, 11) is 1.67. The summed E-state index contributed by atoms with van der Waals surface area (Å²) in [4.78, 5) is 15.7. The first-order valence-electron chi connectivity index (χ1n) is 5.40. The van der Waals surface area contributed by atoms with Gasteiger partial charge in [-0.05, 0) is 13.3 Å². The van der Waals surface area contributed by atoms with E-state index in [4.69, 9.17) is 4.74 Å². The zero-order valence-corrected chi connectivity index (χ0v) is 9.86. The lowest BCUT2D eigenvalue weighted by Crippen LogP contribution is -2.14. The number of fused-ring (bicyclic) bond motifs is 1. The lowest BCUT2D eigenvalue weighted by molar-refractivity contribution is 0.198. The molecule has 7 nitrogen and oxygen atoms in total. The number of nitrogens with zero attached hydrogens (tertiary/aromatic N) is 3. The summed E-state index contributed by atoms with van der Waals surface area (Å²) in [6.07, 6.45) is 0.899. The summed E-state index contributed by atoms with van der Waals surface area (Å²) in [5.74, 6) is 1.32. The van der Waals surface area contributed by atoms with Gasteiger partial charge in [-0.25, -0.2) is 19.3 Å². The molecule has 2 N–H and O–H groups in total. The van der Waals surface area contributed by atoms with Gasteiger partial charge < -0.3 is 10.1 Å². The van der Waals surface area contributed by atoms with Crippen molar-refractivity contribution < 1.29 is 4.74 Å². The number of hydrogen-bond donors (Lipinski definition) is 2. The minimum atomic E-state index is -0.268. The third-order valence-electron chi connectivity index (χ3n) is 2.40. The Kier molecular flexibility index (Phi) is 3.38. The fraction of sp³-hybridized carbons (Fsp3) is 0.500. The second-order valence-corrected chi connectivity index (χ2v) is 3.68. The molecule has 0 aliphatic carbocycles. The monoisotopic (exact) mass is 237 g/mol. The maximum atomic E-state index is 11.4. The highest BCUT2D eigenvalue weighted by atomic mass is 16.5. The molecule has 2 rings (SSSR count). The summed E-state index contributed by atoms with van der Waals surface area (Å²) in [6.45, 7) is 3.24. The van der Waals surface area contributed by atoms with Crippen molar-refractivity contribution in [2.45, 2.75) is 13.3 Å². The van der Waals surface area contributed by atoms with Gasteiger partial charge in [-0.2, -0.15) is 5.10 Å². The molecule has 0 aliphatic rings. The molecule has 2 aromatic heterocycles. The normalized spacial score (nSPS) is 10.9. The Morgan fingerprint density at radius 1 is 1.59 bits per heavy atom. The number of aromatic amines is 1. The molecular formula is C10H15N5O2. The highest BCUT2D eigenvalue weighted by Crippen LogP contribution is 2.07. The highest BCUT2D eigenvalue weighted by molar-refractivity contribution is 5.49. The van der Waals surface area contributed by atoms with Gasteiger partial charge in [0.25, 0.3) is 0 Å². The molecule has 2 heterocycles. The fourth-order valence-corrected chi connectivity index (χ4v) is 1.62. The van der Waals surface area contributed by atoms with Crippen molar-refractivity contribution in [1.82, 2.24) is 19.6 Å². The van der Waals surface area contributed by atoms with Crippen LogP contribution in [0.15, 0.2) is 10.9 Å². The molecule has 0 fully saturated rings. The molecule has 2 aromatic rings. The minimum absolute atomic E-state index is 0.268. The molecule has 0 radical (unpaired) electrons. The first kappa shape index (κ1) is 11.6. The van der Waals surface area contributed by atoms with E-state index in [9.17, 15) is 4.79 Å². The van der Waals surface area contributed by atoms with Crippen molar-refractivity contribution >= 4 is 11.5 Å². The van der Waals surface area contributed by atoms with Crippen LogP contribution in [0.2, 0.25) is 0 Å². The fourth-order valence-electron chi connectivity index (χ4n) is 1.62. The van der Waals surface area contributed by atoms with Crippen LogP contribution < -0.4 is 11.0 Å². The summed E-state index contributed by atoms with van der Waals surface area (Å²) in [6, 6.07) is 1.73. The van der Waals surface area contributed by atoms with Crippen molar-refractivity contribution in [1.29, 1.82) is 0 Å². The predicted octanol–water partition coefficient (Wildman–Crippen LogP) is 0.174. The largest absolute Gasteiger partial charge is 0.385 e. The third kappa shape index (κ3) is 2.44. The van der Waals surface area contributed by atoms with E-state index in [1.807, 2.05) is 0 Å². The Morgan fingerprint density at radius 3 is 3.18 bits per heavy atom. The van der Waals surface area contributed by atoms with Gasteiger partial charge in [0, 0.05) is 26.3 Å². The Morgan fingerprint density at radius 2 is 2.41 bits per heavy atom. The number of rotatable bonds is 5. The minimum Gasteiger partial charge on any atom is -0.385 e. The maximum Gasteiger partial charge on any atom is 0.349 e. The maximum absolute atomic E-state index is 11.4. The molecule has 0 spiro atoms. The van der Waals surface area contributed by atoms with Gasteiger partial charge >= 0.3 is 5.69 Å². The quantitative estimate of drug-likeness (QED) is 0.724. The molecule has 0 atom stereocenters. The third-order valence-corrected chi connectivity index (χ3v) is 2.40. The zero-order chi connectivity index (χ0) is 12.3. The Bertz CT molecular complexity index is 559. The lowest BCUT2D eigenvalue weighted by atomic mass is 10.4. The number of H-pyrrole nitrogens is 1. The van der Waals surface area contributed by atoms with Gasteiger partial charge in [0.1, 0.15) is 11.6 Å². The second-order valence-electron chi connectivity index (χ2n) is 3.68. The van der Waals surface area contributed by atoms with Crippen molar-refractivity contribution in [3.05, 3.63) is 22.4 Å². The molecular weight excluding hydrogens is 222 g/mol. The average Bonchev–Trinajstić information content (AvgIpc) is 2.67. The SMILES string of the molecule is COCCCNc1cc2n[nH]c(=O)n2c(C)n1. The van der Waals surface area contributed by atoms with E-state index in [1.165, 1.54) is 4.40 Å². The molecule has 92 valence electrons. The number of aryl methyl sites for hydroxylation is 1. The smallest absolute Gasteiger partial charge is 0.349 e. The Labute approximate surface area is 97.8 Å². The molecule has 0 unspecified atom stereocenters. The average molecular weight is 237 g/mol. The van der Waals surface area contributed by atoms with Gasteiger partial charge in [0.15, 0.2) is 5.65 Å². The van der Waals surface area contributed by atoms with Gasteiger partial charge in [0.2, 0.25) is 0 Å². The van der Waals surface area contributed by atoms with Gasteiger partial charge in [-0.1, -0.05) is 0 Å². The van der Waals surface area contributed by atoms with E-state index < -0.39 is 0 Å². The van der Waals surface area contributed by atoms with Crippen molar-refractivity contribution in [3.63, 3.8) is 0 Å². The first-order valence-corrected chi connectivity index (χ1v) is 5.40. The molecule has 0 saturated heterocycles. The van der Waals surface area contributed by atoms with Crippen LogP contribution in [0.4, 0.5) is 5.82 Å². The van der Waals surface area contributed by atoms with Gasteiger partial charge in [-0.3, -0.25) is 0 Å². The van der Waals surface area contributed by atoms with Crippen LogP contribution in [0.3, 0.4) is 0 Å². The summed E-state index contributed by atoms with van der Waals surface area (Å²) in [5.41, 5.74) is 0.299. The lowest BCUT2D eigenvalue weighted by Gasteiger charge is -2.06. The number of aromatic nitrogens is 4. The number of nitrogens with one attached hydrogen (secondary N) is 2. The topological polar surface area (TPSA) is 84.3 Å². The number of ether oxygens (including phenoxy) is 1. The Hall–Kier alpha value is -1.89. The number of methoxy groups -OCH3 is 1. The van der Waals surface area contributed by atoms with Crippen molar-refractivity contribution in [3.8, 4) is 0 Å². The molecule has 7 heteroatoms. The first-order chi connectivity index (χ1) is 8.22. The molecule has 0 bridgehead atoms. The van der Waals surface area contributed by atoms with Crippen LogP contribution in [0, 0.1) is 6.92 Å². The van der Waals surface area contributed by atoms with Crippen molar-refractivity contribution in [2.75, 3.05) is 25.6 Å². The van der Waals surface area contributed by atoms with Crippen LogP contribution in [0.5, 0.6) is 0 Å². The van der Waals surface area contributed by atoms with Crippen molar-refractivity contribution in [2.24, 2.45) is 0 Å². The second kappa shape index (κ2) is 4.96. The van der Waals surface area contributed by atoms with E-state index >= 15 is 0 Å². The summed E-state index contributed by atoms with van der Waals surface area (Å²) >= 11 is 0. The van der Waals surface area contributed by atoms with E-state index in [1.54, 1.807) is 20.1 Å². The van der Waals surface area contributed by atoms with E-state index in [0.29, 0.717) is 23.9 Å². The van der Waals surface area contributed by atoms with Crippen LogP contribution in [0.1, 0.15) is 12.2 Å². The van der Waals surface area contributed by atoms with Crippen LogP contribution in [0.25, 0.3) is 5.65 Å². The van der Waals surface area contributed by atoms with Crippen LogP contribution in [-0.2, 0) is 4.74 Å². The summed E-state index contributed by atoms with van der Waals surface area (Å²) < 4.78 is 6.38. The molecule has 0 amide bonds. The number of anilines is 1. The molecule has 0 saturated carbocycles. The van der Waals surface area contributed by atoms with Gasteiger partial charge in [-0.15, -0.1) is 0 Å². The van der Waals surface area contributed by atoms with E-state index in [2.05, 4.69) is 20.5 Å². The highest BCUT2D eigenvalue weighted by Gasteiger charge is 2.06. The van der Waals surface area contributed by atoms with E-state index in [-0.39, 0.29) is 5.69 Å². The molecule has 0 aliphatic heterocycles. The van der Waals surface area contributed by atoms with Crippen LogP contribution >= 0.6 is 0 Å². The predicted molar refractivity (Wildman–Crippen MR) is 63.3 cm³/mol. The molecule has 17 heavy (non-hydrogen) atoms. The zero-order valence-electron chi connectivity index (χ0n) is 9.86. The summed E-state index contributed by atoms with van der Waals surface area (Å²) in [5, 5.41) is 9.46. The standard InChI is InChI=1S/C10H15N5O2/c1-7-12-8(11-4-3-5-17-2)6-9-13-14-10(16)15(7)9/h6,11H,3-5H2,1-2H3,(H,14,16). The number of hydrogen-bond acceptors (Lipinski definition) is 5. The van der Waals surface area contributed by atoms with Crippen LogP contribution in [-0.4, -0.2) is 39.8 Å². The van der Waals surface area contributed by atoms with Gasteiger partial charge in [0.05, 0.1) is 0 Å². The Balaban J connectivity index is 2.16. The van der Waals surface area contributed by atoms with E-state index in [0.717, 1.165) is 13.0 Å².